The van der Waals surface area contributed by atoms with E-state index in [2.05, 4.69) is 5.32 Å². The van der Waals surface area contributed by atoms with Gasteiger partial charge in [-0.2, -0.15) is 0 Å². The van der Waals surface area contributed by atoms with Gasteiger partial charge in [0.1, 0.15) is 11.6 Å². The molecule has 0 saturated carbocycles. The van der Waals surface area contributed by atoms with Crippen LogP contribution in [0.5, 0.6) is 0 Å². The fraction of sp³-hybridized carbons (Fsp3) is 0.417. The molecule has 0 unspecified atom stereocenters. The standard InChI is InChI=1S/C12H14F2N2O/c1-8-7-15-4-5-16(8)12(17)10-6-9(13)2-3-11(10)14/h2-3,6,8,15H,4-5,7H2,1H3/t8-/m1/s1. The maximum Gasteiger partial charge on any atom is 0.257 e. The zero-order chi connectivity index (χ0) is 12.4. The van der Waals surface area contributed by atoms with Gasteiger partial charge in [0.2, 0.25) is 0 Å². The van der Waals surface area contributed by atoms with Gasteiger partial charge in [0, 0.05) is 25.7 Å². The van der Waals surface area contributed by atoms with Crippen LogP contribution in [0.1, 0.15) is 17.3 Å². The van der Waals surface area contributed by atoms with Gasteiger partial charge in [-0.3, -0.25) is 4.79 Å². The third-order valence-corrected chi connectivity index (χ3v) is 2.92. The number of hydrogen-bond donors (Lipinski definition) is 1. The molecule has 1 aromatic carbocycles. The molecular formula is C12H14F2N2O. The van der Waals surface area contributed by atoms with E-state index in [0.717, 1.165) is 18.2 Å². The summed E-state index contributed by atoms with van der Waals surface area (Å²) >= 11 is 0. The lowest BCUT2D eigenvalue weighted by molar-refractivity contribution is 0.0650. The SMILES string of the molecule is C[C@@H]1CNCCN1C(=O)c1cc(F)ccc1F. The minimum atomic E-state index is -0.679. The van der Waals surface area contributed by atoms with E-state index in [0.29, 0.717) is 19.6 Å². The molecule has 0 aromatic heterocycles. The predicted octanol–water partition coefficient (Wildman–Crippen LogP) is 1.40. The highest BCUT2D eigenvalue weighted by molar-refractivity contribution is 5.94. The third kappa shape index (κ3) is 2.44. The van der Waals surface area contributed by atoms with Crippen LogP contribution in [0.2, 0.25) is 0 Å². The molecule has 1 aromatic rings. The summed E-state index contributed by atoms with van der Waals surface area (Å²) < 4.78 is 26.5. The molecule has 0 aliphatic carbocycles. The van der Waals surface area contributed by atoms with E-state index in [1.165, 1.54) is 0 Å². The van der Waals surface area contributed by atoms with Crippen LogP contribution in [-0.4, -0.2) is 36.5 Å². The van der Waals surface area contributed by atoms with Crippen molar-refractivity contribution in [2.24, 2.45) is 0 Å². The molecule has 1 saturated heterocycles. The summed E-state index contributed by atoms with van der Waals surface area (Å²) in [5.74, 6) is -1.73. The second-order valence-corrected chi connectivity index (χ2v) is 4.18. The molecule has 1 heterocycles. The molecular weight excluding hydrogens is 226 g/mol. The molecule has 5 heteroatoms. The fourth-order valence-electron chi connectivity index (χ4n) is 1.96. The van der Waals surface area contributed by atoms with E-state index < -0.39 is 17.5 Å². The maximum atomic E-state index is 13.5. The number of hydrogen-bond acceptors (Lipinski definition) is 2. The molecule has 0 bridgehead atoms. The van der Waals surface area contributed by atoms with Gasteiger partial charge < -0.3 is 10.2 Å². The van der Waals surface area contributed by atoms with E-state index >= 15 is 0 Å². The molecule has 3 nitrogen and oxygen atoms in total. The second kappa shape index (κ2) is 4.79. The van der Waals surface area contributed by atoms with Crippen molar-refractivity contribution in [2.45, 2.75) is 13.0 Å². The molecule has 1 N–H and O–H groups in total. The first-order valence-electron chi connectivity index (χ1n) is 5.56. The lowest BCUT2D eigenvalue weighted by Crippen LogP contribution is -2.52. The van der Waals surface area contributed by atoms with E-state index in [1.54, 1.807) is 4.90 Å². The van der Waals surface area contributed by atoms with Crippen molar-refractivity contribution in [1.29, 1.82) is 0 Å². The van der Waals surface area contributed by atoms with Crippen molar-refractivity contribution >= 4 is 5.91 Å². The molecule has 1 atom stereocenters. The highest BCUT2D eigenvalue weighted by atomic mass is 19.1. The number of benzene rings is 1. The number of amides is 1. The molecule has 17 heavy (non-hydrogen) atoms. The van der Waals surface area contributed by atoms with Crippen molar-refractivity contribution in [2.75, 3.05) is 19.6 Å². The van der Waals surface area contributed by atoms with Gasteiger partial charge in [-0.25, -0.2) is 8.78 Å². The van der Waals surface area contributed by atoms with Crippen LogP contribution in [0.3, 0.4) is 0 Å². The molecule has 2 rings (SSSR count). The first kappa shape index (κ1) is 12.0. The van der Waals surface area contributed by atoms with Gasteiger partial charge in [-0.05, 0) is 25.1 Å². The number of rotatable bonds is 1. The fourth-order valence-corrected chi connectivity index (χ4v) is 1.96. The maximum absolute atomic E-state index is 13.5. The monoisotopic (exact) mass is 240 g/mol. The Labute approximate surface area is 98.4 Å². The van der Waals surface area contributed by atoms with E-state index in [1.807, 2.05) is 6.92 Å². The molecule has 92 valence electrons. The van der Waals surface area contributed by atoms with Crippen molar-refractivity contribution in [3.8, 4) is 0 Å². The molecule has 1 amide bonds. The van der Waals surface area contributed by atoms with E-state index in [9.17, 15) is 13.6 Å². The van der Waals surface area contributed by atoms with E-state index in [4.69, 9.17) is 0 Å². The van der Waals surface area contributed by atoms with Crippen molar-refractivity contribution in [1.82, 2.24) is 10.2 Å². The minimum Gasteiger partial charge on any atom is -0.333 e. The Balaban J connectivity index is 2.26. The summed E-state index contributed by atoms with van der Waals surface area (Å²) in [6.07, 6.45) is 0. The van der Waals surface area contributed by atoms with Crippen LogP contribution < -0.4 is 5.32 Å². The minimum absolute atomic E-state index is 0.0149. The number of nitrogens with one attached hydrogen (secondary N) is 1. The molecule has 0 spiro atoms. The highest BCUT2D eigenvalue weighted by Gasteiger charge is 2.26. The van der Waals surface area contributed by atoms with Gasteiger partial charge in [-0.15, -0.1) is 0 Å². The normalized spacial score (nSPS) is 20.4. The average molecular weight is 240 g/mol. The summed E-state index contributed by atoms with van der Waals surface area (Å²) in [7, 11) is 0. The number of carbonyl (C=O) groups excluding carboxylic acids is 1. The first-order chi connectivity index (χ1) is 8.09. The zero-order valence-corrected chi connectivity index (χ0v) is 9.54. The van der Waals surface area contributed by atoms with Crippen LogP contribution in [0.4, 0.5) is 8.78 Å². The predicted molar refractivity (Wildman–Crippen MR) is 59.7 cm³/mol. The van der Waals surface area contributed by atoms with Crippen LogP contribution in [0, 0.1) is 11.6 Å². The van der Waals surface area contributed by atoms with Gasteiger partial charge >= 0.3 is 0 Å². The number of halogens is 2. The Morgan fingerprint density at radius 3 is 2.94 bits per heavy atom. The molecule has 0 radical (unpaired) electrons. The molecule has 1 aliphatic rings. The smallest absolute Gasteiger partial charge is 0.257 e. The summed E-state index contributed by atoms with van der Waals surface area (Å²) in [5, 5.41) is 3.14. The lowest BCUT2D eigenvalue weighted by atomic mass is 10.1. The Bertz CT molecular complexity index is 437. The lowest BCUT2D eigenvalue weighted by Gasteiger charge is -2.34. The Morgan fingerprint density at radius 2 is 2.24 bits per heavy atom. The van der Waals surface area contributed by atoms with Crippen LogP contribution >= 0.6 is 0 Å². The second-order valence-electron chi connectivity index (χ2n) is 4.18. The van der Waals surface area contributed by atoms with Gasteiger partial charge in [0.15, 0.2) is 0 Å². The third-order valence-electron chi connectivity index (χ3n) is 2.92. The van der Waals surface area contributed by atoms with Crippen molar-refractivity contribution < 1.29 is 13.6 Å². The van der Waals surface area contributed by atoms with Gasteiger partial charge in [0.25, 0.3) is 5.91 Å². The van der Waals surface area contributed by atoms with Crippen LogP contribution in [0.15, 0.2) is 18.2 Å². The average Bonchev–Trinajstić information content (AvgIpc) is 2.32. The van der Waals surface area contributed by atoms with Crippen LogP contribution in [-0.2, 0) is 0 Å². The van der Waals surface area contributed by atoms with Gasteiger partial charge in [0.05, 0.1) is 5.56 Å². The zero-order valence-electron chi connectivity index (χ0n) is 9.54. The quantitative estimate of drug-likeness (QED) is 0.804. The topological polar surface area (TPSA) is 32.3 Å². The largest absolute Gasteiger partial charge is 0.333 e. The number of carbonyl (C=O) groups is 1. The summed E-state index contributed by atoms with van der Waals surface area (Å²) in [5.41, 5.74) is -0.196. The first-order valence-corrected chi connectivity index (χ1v) is 5.56. The Morgan fingerprint density at radius 1 is 1.47 bits per heavy atom. The Hall–Kier alpha value is -1.49. The van der Waals surface area contributed by atoms with Crippen molar-refractivity contribution in [3.05, 3.63) is 35.4 Å². The molecule has 1 fully saturated rings. The highest BCUT2D eigenvalue weighted by Crippen LogP contribution is 2.15. The number of nitrogens with zero attached hydrogens (tertiary/aromatic N) is 1. The van der Waals surface area contributed by atoms with E-state index in [-0.39, 0.29) is 11.6 Å². The molecule has 1 aliphatic heterocycles. The van der Waals surface area contributed by atoms with Crippen LogP contribution in [0.25, 0.3) is 0 Å². The Kier molecular flexibility index (Phi) is 3.38. The van der Waals surface area contributed by atoms with Crippen molar-refractivity contribution in [3.63, 3.8) is 0 Å². The number of piperazine rings is 1. The summed E-state index contributed by atoms with van der Waals surface area (Å²) in [6.45, 7) is 3.73. The van der Waals surface area contributed by atoms with Gasteiger partial charge in [-0.1, -0.05) is 0 Å². The summed E-state index contributed by atoms with van der Waals surface area (Å²) in [4.78, 5) is 13.6. The summed E-state index contributed by atoms with van der Waals surface area (Å²) in [6, 6.07) is 2.92.